The zero-order valence-corrected chi connectivity index (χ0v) is 15.9. The van der Waals surface area contributed by atoms with E-state index in [9.17, 15) is 4.79 Å². The average Bonchev–Trinajstić information content (AvgIpc) is 3.21. The van der Waals surface area contributed by atoms with Crippen LogP contribution in [0, 0.1) is 0 Å². The summed E-state index contributed by atoms with van der Waals surface area (Å²) in [6.45, 7) is 5.18. The molecule has 2 aromatic rings. The van der Waals surface area contributed by atoms with Crippen molar-refractivity contribution in [3.05, 3.63) is 54.1 Å². The van der Waals surface area contributed by atoms with E-state index in [1.807, 2.05) is 48.5 Å². The number of carbonyl (C=O) groups excluding carboxylic acids is 1. The Hall–Kier alpha value is -2.53. The number of nitrogens with one attached hydrogen (secondary N) is 1. The van der Waals surface area contributed by atoms with E-state index in [1.165, 1.54) is 5.56 Å². The van der Waals surface area contributed by atoms with Gasteiger partial charge in [0.1, 0.15) is 18.1 Å². The van der Waals surface area contributed by atoms with Crippen LogP contribution in [-0.4, -0.2) is 31.3 Å². The fourth-order valence-corrected chi connectivity index (χ4v) is 2.93. The minimum Gasteiger partial charge on any atom is -0.491 e. The van der Waals surface area contributed by atoms with Crippen molar-refractivity contribution in [2.75, 3.05) is 18.5 Å². The van der Waals surface area contributed by atoms with Gasteiger partial charge in [0.05, 0.1) is 6.10 Å². The van der Waals surface area contributed by atoms with Crippen molar-refractivity contribution >= 4 is 11.6 Å². The minimum atomic E-state index is -0.603. The van der Waals surface area contributed by atoms with Crippen LogP contribution in [-0.2, 0) is 16.0 Å². The SMILES string of the molecule is CCc1ccc(O[C@H](C)C(=O)Nc2cccc(OC[C@H]3CCCO3)c2)cc1. The fraction of sp³-hybridized carbons (Fsp3) is 0.409. The highest BCUT2D eigenvalue weighted by molar-refractivity contribution is 5.94. The Morgan fingerprint density at radius 1 is 1.22 bits per heavy atom. The number of amides is 1. The van der Waals surface area contributed by atoms with Gasteiger partial charge in [0, 0.05) is 18.4 Å². The Balaban J connectivity index is 1.52. The van der Waals surface area contributed by atoms with Gasteiger partial charge >= 0.3 is 0 Å². The molecular formula is C22H27NO4. The molecule has 1 amide bonds. The lowest BCUT2D eigenvalue weighted by Gasteiger charge is -2.16. The first kappa shape index (κ1) is 19.2. The summed E-state index contributed by atoms with van der Waals surface area (Å²) in [5.41, 5.74) is 1.92. The molecular weight excluding hydrogens is 342 g/mol. The lowest BCUT2D eigenvalue weighted by atomic mass is 10.2. The first-order valence-corrected chi connectivity index (χ1v) is 9.55. The molecule has 0 aliphatic carbocycles. The molecule has 5 heteroatoms. The quantitative estimate of drug-likeness (QED) is 0.757. The molecule has 0 radical (unpaired) electrons. The summed E-state index contributed by atoms with van der Waals surface area (Å²) >= 11 is 0. The predicted octanol–water partition coefficient (Wildman–Crippen LogP) is 4.21. The molecule has 1 N–H and O–H groups in total. The maximum Gasteiger partial charge on any atom is 0.265 e. The Morgan fingerprint density at radius 2 is 2.04 bits per heavy atom. The highest BCUT2D eigenvalue weighted by Gasteiger charge is 2.17. The van der Waals surface area contributed by atoms with Crippen molar-refractivity contribution in [3.63, 3.8) is 0 Å². The van der Waals surface area contributed by atoms with E-state index in [0.717, 1.165) is 25.9 Å². The number of rotatable bonds is 8. The second-order valence-corrected chi connectivity index (χ2v) is 6.72. The highest BCUT2D eigenvalue weighted by atomic mass is 16.5. The number of benzene rings is 2. The van der Waals surface area contributed by atoms with Gasteiger partial charge in [-0.25, -0.2) is 0 Å². The Bertz CT molecular complexity index is 738. The van der Waals surface area contributed by atoms with E-state index in [-0.39, 0.29) is 12.0 Å². The Kier molecular flexibility index (Phi) is 6.71. The summed E-state index contributed by atoms with van der Waals surface area (Å²) in [4.78, 5) is 12.4. The van der Waals surface area contributed by atoms with Crippen molar-refractivity contribution in [1.29, 1.82) is 0 Å². The van der Waals surface area contributed by atoms with Crippen LogP contribution in [0.2, 0.25) is 0 Å². The topological polar surface area (TPSA) is 56.8 Å². The van der Waals surface area contributed by atoms with Crippen LogP contribution >= 0.6 is 0 Å². The fourth-order valence-electron chi connectivity index (χ4n) is 2.93. The second-order valence-electron chi connectivity index (χ2n) is 6.72. The number of ether oxygens (including phenoxy) is 3. The normalized spacial score (nSPS) is 17.3. The third-order valence-corrected chi connectivity index (χ3v) is 4.58. The second kappa shape index (κ2) is 9.42. The molecule has 5 nitrogen and oxygen atoms in total. The molecule has 0 bridgehead atoms. The van der Waals surface area contributed by atoms with Crippen molar-refractivity contribution in [3.8, 4) is 11.5 Å². The van der Waals surface area contributed by atoms with E-state index in [1.54, 1.807) is 6.92 Å². The largest absolute Gasteiger partial charge is 0.491 e. The first-order chi connectivity index (χ1) is 13.1. The summed E-state index contributed by atoms with van der Waals surface area (Å²) in [7, 11) is 0. The lowest BCUT2D eigenvalue weighted by Crippen LogP contribution is -2.30. The van der Waals surface area contributed by atoms with Gasteiger partial charge in [-0.1, -0.05) is 25.1 Å². The number of hydrogen-bond acceptors (Lipinski definition) is 4. The maximum atomic E-state index is 12.4. The van der Waals surface area contributed by atoms with Gasteiger partial charge in [-0.2, -0.15) is 0 Å². The number of carbonyl (C=O) groups is 1. The van der Waals surface area contributed by atoms with E-state index in [2.05, 4.69) is 12.2 Å². The van der Waals surface area contributed by atoms with Gasteiger partial charge in [0.2, 0.25) is 0 Å². The van der Waals surface area contributed by atoms with Crippen LogP contribution in [0.1, 0.15) is 32.3 Å². The van der Waals surface area contributed by atoms with Crippen molar-refractivity contribution < 1.29 is 19.0 Å². The number of aryl methyl sites for hydroxylation is 1. The van der Waals surface area contributed by atoms with Crippen LogP contribution in [0.3, 0.4) is 0 Å². The van der Waals surface area contributed by atoms with E-state index in [4.69, 9.17) is 14.2 Å². The summed E-state index contributed by atoms with van der Waals surface area (Å²) in [5, 5.41) is 2.88. The molecule has 0 aromatic heterocycles. The molecule has 0 unspecified atom stereocenters. The molecule has 1 heterocycles. The highest BCUT2D eigenvalue weighted by Crippen LogP contribution is 2.20. The average molecular weight is 369 g/mol. The molecule has 1 fully saturated rings. The molecule has 1 aliphatic rings. The molecule has 3 rings (SSSR count). The number of anilines is 1. The van der Waals surface area contributed by atoms with Crippen LogP contribution < -0.4 is 14.8 Å². The zero-order chi connectivity index (χ0) is 19.1. The smallest absolute Gasteiger partial charge is 0.265 e. The molecule has 0 spiro atoms. The summed E-state index contributed by atoms with van der Waals surface area (Å²) < 4.78 is 17.1. The lowest BCUT2D eigenvalue weighted by molar-refractivity contribution is -0.122. The van der Waals surface area contributed by atoms with E-state index >= 15 is 0 Å². The molecule has 1 saturated heterocycles. The number of hydrogen-bond donors (Lipinski definition) is 1. The van der Waals surface area contributed by atoms with E-state index in [0.29, 0.717) is 23.8 Å². The Morgan fingerprint density at radius 3 is 2.74 bits per heavy atom. The molecule has 2 aromatic carbocycles. The van der Waals surface area contributed by atoms with Crippen molar-refractivity contribution in [1.82, 2.24) is 0 Å². The van der Waals surface area contributed by atoms with Gasteiger partial charge < -0.3 is 19.5 Å². The van der Waals surface area contributed by atoms with Crippen molar-refractivity contribution in [2.45, 2.75) is 45.3 Å². The van der Waals surface area contributed by atoms with Crippen LogP contribution in [0.15, 0.2) is 48.5 Å². The molecule has 1 aliphatic heterocycles. The standard InChI is InChI=1S/C22H27NO4/c1-3-17-9-11-19(12-10-17)27-16(2)22(24)23-18-6-4-7-20(14-18)26-15-21-8-5-13-25-21/h4,6-7,9-12,14,16,21H,3,5,8,13,15H2,1-2H3,(H,23,24)/t16-,21-/m1/s1. The first-order valence-electron chi connectivity index (χ1n) is 9.55. The molecule has 27 heavy (non-hydrogen) atoms. The van der Waals surface area contributed by atoms with Gasteiger partial charge in [0.25, 0.3) is 5.91 Å². The summed E-state index contributed by atoms with van der Waals surface area (Å²) in [6.07, 6.45) is 2.65. The summed E-state index contributed by atoms with van der Waals surface area (Å²) in [5.74, 6) is 1.20. The third-order valence-electron chi connectivity index (χ3n) is 4.58. The summed E-state index contributed by atoms with van der Waals surface area (Å²) in [6, 6.07) is 15.2. The van der Waals surface area contributed by atoms with Gasteiger partial charge in [-0.05, 0) is 56.0 Å². The Labute approximate surface area is 160 Å². The molecule has 2 atom stereocenters. The van der Waals surface area contributed by atoms with Crippen LogP contribution in [0.4, 0.5) is 5.69 Å². The van der Waals surface area contributed by atoms with Crippen LogP contribution in [0.5, 0.6) is 11.5 Å². The van der Waals surface area contributed by atoms with Gasteiger partial charge in [-0.3, -0.25) is 4.79 Å². The van der Waals surface area contributed by atoms with Gasteiger partial charge in [0.15, 0.2) is 6.10 Å². The minimum absolute atomic E-state index is 0.163. The van der Waals surface area contributed by atoms with Gasteiger partial charge in [-0.15, -0.1) is 0 Å². The molecule has 144 valence electrons. The van der Waals surface area contributed by atoms with Crippen LogP contribution in [0.25, 0.3) is 0 Å². The predicted molar refractivity (Wildman–Crippen MR) is 105 cm³/mol. The van der Waals surface area contributed by atoms with Crippen molar-refractivity contribution in [2.24, 2.45) is 0 Å². The third kappa shape index (κ3) is 5.73. The van der Waals surface area contributed by atoms with E-state index < -0.39 is 6.10 Å². The zero-order valence-electron chi connectivity index (χ0n) is 15.9. The molecule has 0 saturated carbocycles. The monoisotopic (exact) mass is 369 g/mol. The maximum absolute atomic E-state index is 12.4.